The molecule has 1 aromatic rings. The van der Waals surface area contributed by atoms with Crippen LogP contribution in [-0.2, 0) is 10.3 Å². The zero-order valence-corrected chi connectivity index (χ0v) is 13.4. The topological polar surface area (TPSA) is 64.3 Å². The molecule has 0 aromatic heterocycles. The number of ether oxygens (including phenoxy) is 1. The van der Waals surface area contributed by atoms with Gasteiger partial charge in [-0.05, 0) is 38.5 Å². The van der Waals surface area contributed by atoms with Gasteiger partial charge in [0.25, 0.3) is 5.92 Å². The molecule has 2 rings (SSSR count). The summed E-state index contributed by atoms with van der Waals surface area (Å²) in [6.07, 6.45) is -1.62. The van der Waals surface area contributed by atoms with Crippen LogP contribution in [0.3, 0.4) is 0 Å². The predicted molar refractivity (Wildman–Crippen MR) is 81.4 cm³/mol. The minimum Gasteiger partial charge on any atom is -0.444 e. The molecule has 122 valence electrons. The van der Waals surface area contributed by atoms with E-state index in [0.717, 1.165) is 0 Å². The molecule has 0 atom stereocenters. The summed E-state index contributed by atoms with van der Waals surface area (Å²) in [6, 6.07) is 4.60. The quantitative estimate of drug-likeness (QED) is 0.850. The molecule has 1 aliphatic rings. The number of halogens is 3. The largest absolute Gasteiger partial charge is 0.444 e. The summed E-state index contributed by atoms with van der Waals surface area (Å²) in [5, 5.41) is 2.90. The molecule has 1 aliphatic carbocycles. The van der Waals surface area contributed by atoms with E-state index in [2.05, 4.69) is 5.32 Å². The number of rotatable bonds is 2. The van der Waals surface area contributed by atoms with E-state index in [9.17, 15) is 13.6 Å². The van der Waals surface area contributed by atoms with E-state index in [-0.39, 0.29) is 0 Å². The maximum absolute atomic E-state index is 13.2. The lowest BCUT2D eigenvalue weighted by atomic mass is 9.69. The number of alkyl halides is 2. The molecule has 0 saturated heterocycles. The van der Waals surface area contributed by atoms with Gasteiger partial charge in [0.2, 0.25) is 0 Å². The average molecular weight is 333 g/mol. The van der Waals surface area contributed by atoms with Gasteiger partial charge < -0.3 is 10.5 Å². The van der Waals surface area contributed by atoms with Gasteiger partial charge in [-0.15, -0.1) is 0 Å². The van der Waals surface area contributed by atoms with Crippen LogP contribution < -0.4 is 11.1 Å². The van der Waals surface area contributed by atoms with Crippen LogP contribution in [0, 0.1) is 0 Å². The Bertz CT molecular complexity index is 592. The van der Waals surface area contributed by atoms with Gasteiger partial charge in [0.05, 0.1) is 11.2 Å². The summed E-state index contributed by atoms with van der Waals surface area (Å²) in [5.41, 5.74) is 4.90. The summed E-state index contributed by atoms with van der Waals surface area (Å²) in [5.74, 6) is -2.78. The van der Waals surface area contributed by atoms with Gasteiger partial charge in [-0.25, -0.2) is 13.6 Å². The molecule has 4 nitrogen and oxygen atoms in total. The van der Waals surface area contributed by atoms with Crippen LogP contribution in [0.5, 0.6) is 0 Å². The smallest absolute Gasteiger partial charge is 0.412 e. The van der Waals surface area contributed by atoms with Crippen molar-refractivity contribution in [2.45, 2.75) is 50.7 Å². The van der Waals surface area contributed by atoms with Crippen molar-refractivity contribution >= 4 is 23.4 Å². The molecule has 3 N–H and O–H groups in total. The minimum atomic E-state index is -2.78. The highest BCUT2D eigenvalue weighted by molar-refractivity contribution is 6.31. The summed E-state index contributed by atoms with van der Waals surface area (Å²) in [4.78, 5) is 11.9. The van der Waals surface area contributed by atoms with Crippen LogP contribution in [0.4, 0.5) is 19.3 Å². The number of nitrogens with one attached hydrogen (secondary N) is 1. The third kappa shape index (κ3) is 3.87. The van der Waals surface area contributed by atoms with E-state index in [0.29, 0.717) is 16.3 Å². The summed E-state index contributed by atoms with van der Waals surface area (Å²) < 4.78 is 31.6. The molecule has 7 heteroatoms. The third-order valence-electron chi connectivity index (χ3n) is 3.30. The molecule has 1 saturated carbocycles. The summed E-state index contributed by atoms with van der Waals surface area (Å²) >= 11 is 5.92. The second-order valence-electron chi connectivity index (χ2n) is 6.68. The maximum Gasteiger partial charge on any atom is 0.412 e. The first-order valence-electron chi connectivity index (χ1n) is 6.87. The molecule has 0 unspecified atom stereocenters. The number of amides is 1. The fraction of sp³-hybridized carbons (Fsp3) is 0.533. The molecule has 1 fully saturated rings. The van der Waals surface area contributed by atoms with E-state index in [4.69, 9.17) is 22.1 Å². The van der Waals surface area contributed by atoms with Crippen molar-refractivity contribution in [1.29, 1.82) is 0 Å². The Morgan fingerprint density at radius 3 is 2.45 bits per heavy atom. The lowest BCUT2D eigenvalue weighted by Gasteiger charge is -2.45. The van der Waals surface area contributed by atoms with Crippen LogP contribution in [0.2, 0.25) is 5.02 Å². The first-order valence-corrected chi connectivity index (χ1v) is 7.25. The van der Waals surface area contributed by atoms with Crippen molar-refractivity contribution in [3.8, 4) is 0 Å². The zero-order chi connectivity index (χ0) is 16.8. The number of anilines is 1. The minimum absolute atomic E-state index is 0.291. The Hall–Kier alpha value is -1.40. The molecule has 1 amide bonds. The average Bonchev–Trinajstić information content (AvgIpc) is 2.22. The van der Waals surface area contributed by atoms with Crippen LogP contribution in [0.1, 0.15) is 39.2 Å². The van der Waals surface area contributed by atoms with Crippen molar-refractivity contribution in [3.63, 3.8) is 0 Å². The highest BCUT2D eigenvalue weighted by atomic mass is 35.5. The van der Waals surface area contributed by atoms with E-state index in [1.165, 1.54) is 6.07 Å². The Morgan fingerprint density at radius 1 is 1.36 bits per heavy atom. The SMILES string of the molecule is CC(C)(C)OC(=O)Nc1cc(Cl)ccc1C1(N)CC(F)(F)C1. The normalized spacial score (nSPS) is 19.2. The van der Waals surface area contributed by atoms with E-state index in [1.54, 1.807) is 32.9 Å². The van der Waals surface area contributed by atoms with Gasteiger partial charge in [-0.3, -0.25) is 5.32 Å². The maximum atomic E-state index is 13.2. The fourth-order valence-electron chi connectivity index (χ4n) is 2.53. The molecule has 0 radical (unpaired) electrons. The van der Waals surface area contributed by atoms with Gasteiger partial charge in [0.1, 0.15) is 5.60 Å². The van der Waals surface area contributed by atoms with Crippen molar-refractivity contribution in [1.82, 2.24) is 0 Å². The first-order chi connectivity index (χ1) is 9.90. The van der Waals surface area contributed by atoms with Gasteiger partial charge in [0.15, 0.2) is 0 Å². The van der Waals surface area contributed by atoms with Crippen LogP contribution >= 0.6 is 11.6 Å². The highest BCUT2D eigenvalue weighted by Crippen LogP contribution is 2.51. The van der Waals surface area contributed by atoms with Crippen molar-refractivity contribution in [2.75, 3.05) is 5.32 Å². The van der Waals surface area contributed by atoms with E-state index in [1.807, 2.05) is 0 Å². The Kier molecular flexibility index (Phi) is 4.13. The first kappa shape index (κ1) is 17.0. The lowest BCUT2D eigenvalue weighted by molar-refractivity contribution is -0.124. The van der Waals surface area contributed by atoms with Crippen LogP contribution in [-0.4, -0.2) is 17.6 Å². The zero-order valence-electron chi connectivity index (χ0n) is 12.7. The van der Waals surface area contributed by atoms with Crippen molar-refractivity contribution < 1.29 is 18.3 Å². The van der Waals surface area contributed by atoms with E-state index < -0.39 is 36.0 Å². The Balaban J connectivity index is 2.24. The van der Waals surface area contributed by atoms with Gasteiger partial charge in [-0.2, -0.15) is 0 Å². The number of hydrogen-bond donors (Lipinski definition) is 2. The van der Waals surface area contributed by atoms with Crippen LogP contribution in [0.15, 0.2) is 18.2 Å². The lowest BCUT2D eigenvalue weighted by Crippen LogP contribution is -2.55. The monoisotopic (exact) mass is 332 g/mol. The molecule has 22 heavy (non-hydrogen) atoms. The van der Waals surface area contributed by atoms with Crippen molar-refractivity contribution in [3.05, 3.63) is 28.8 Å². The second-order valence-corrected chi connectivity index (χ2v) is 7.12. The van der Waals surface area contributed by atoms with E-state index >= 15 is 0 Å². The van der Waals surface area contributed by atoms with Gasteiger partial charge >= 0.3 is 6.09 Å². The molecular formula is C15H19ClF2N2O2. The highest BCUT2D eigenvalue weighted by Gasteiger charge is 2.56. The molecule has 0 aliphatic heterocycles. The van der Waals surface area contributed by atoms with Gasteiger partial charge in [0, 0.05) is 17.9 Å². The molecular weight excluding hydrogens is 314 g/mol. The number of nitrogens with two attached hydrogens (primary N) is 1. The molecule has 0 heterocycles. The second kappa shape index (κ2) is 5.35. The number of benzene rings is 1. The summed E-state index contributed by atoms with van der Waals surface area (Å²) in [7, 11) is 0. The number of hydrogen-bond acceptors (Lipinski definition) is 3. The number of carbonyl (C=O) groups excluding carboxylic acids is 1. The van der Waals surface area contributed by atoms with Crippen molar-refractivity contribution in [2.24, 2.45) is 5.73 Å². The number of carbonyl (C=O) groups is 1. The predicted octanol–water partition coefficient (Wildman–Crippen LogP) is 4.27. The Labute approximate surface area is 133 Å². The van der Waals surface area contributed by atoms with Crippen LogP contribution in [0.25, 0.3) is 0 Å². The summed E-state index contributed by atoms with van der Waals surface area (Å²) in [6.45, 7) is 5.17. The third-order valence-corrected chi connectivity index (χ3v) is 3.54. The molecule has 1 aromatic carbocycles. The Morgan fingerprint density at radius 2 is 1.95 bits per heavy atom. The fourth-order valence-corrected chi connectivity index (χ4v) is 2.70. The molecule has 0 spiro atoms. The molecule has 0 bridgehead atoms. The standard InChI is InChI=1S/C15H19ClF2N2O2/c1-13(2,3)22-12(21)20-11-6-9(16)4-5-10(11)14(19)7-15(17,18)8-14/h4-6H,7-8,19H2,1-3H3,(H,20,21). The van der Waals surface area contributed by atoms with Gasteiger partial charge in [-0.1, -0.05) is 17.7 Å².